The fourth-order valence-electron chi connectivity index (χ4n) is 2.94. The van der Waals surface area contributed by atoms with Gasteiger partial charge in [-0.15, -0.1) is 11.3 Å². The number of ether oxygens (including phenoxy) is 2. The lowest BCUT2D eigenvalue weighted by atomic mass is 10.2. The molecular formula is C18H17ClN2O3S2. The quantitative estimate of drug-likeness (QED) is 0.605. The summed E-state index contributed by atoms with van der Waals surface area (Å²) in [6, 6.07) is 9.24. The molecule has 3 heterocycles. The van der Waals surface area contributed by atoms with Crippen LogP contribution in [0.15, 0.2) is 30.3 Å². The van der Waals surface area contributed by atoms with E-state index in [2.05, 4.69) is 4.98 Å². The number of fused-ring (bicyclic) bond motifs is 1. The summed E-state index contributed by atoms with van der Waals surface area (Å²) in [5, 5.41) is 0.665. The zero-order valence-corrected chi connectivity index (χ0v) is 16.5. The van der Waals surface area contributed by atoms with Gasteiger partial charge in [0, 0.05) is 12.7 Å². The third kappa shape index (κ3) is 3.57. The number of rotatable bonds is 5. The van der Waals surface area contributed by atoms with Gasteiger partial charge in [-0.3, -0.25) is 9.69 Å². The highest BCUT2D eigenvalue weighted by Crippen LogP contribution is 2.33. The lowest BCUT2D eigenvalue weighted by Crippen LogP contribution is -2.37. The molecule has 1 aliphatic heterocycles. The molecule has 1 amide bonds. The molecule has 26 heavy (non-hydrogen) atoms. The molecule has 4 rings (SSSR count). The van der Waals surface area contributed by atoms with Crippen LogP contribution in [0.1, 0.15) is 22.5 Å². The second-order valence-electron chi connectivity index (χ2n) is 5.98. The highest BCUT2D eigenvalue weighted by molar-refractivity contribution is 7.22. The number of benzene rings is 1. The molecule has 1 saturated heterocycles. The van der Waals surface area contributed by atoms with Gasteiger partial charge < -0.3 is 9.47 Å². The highest BCUT2D eigenvalue weighted by Gasteiger charge is 2.27. The minimum absolute atomic E-state index is 0.0379. The molecule has 1 aliphatic rings. The van der Waals surface area contributed by atoms with Crippen LogP contribution in [0.3, 0.4) is 0 Å². The fourth-order valence-corrected chi connectivity index (χ4v) is 4.89. The van der Waals surface area contributed by atoms with Gasteiger partial charge in [-0.05, 0) is 37.1 Å². The SMILES string of the molecule is COc1ccc2sc(N(CC3CCCO3)C(=O)c3ccc(Cl)s3)nc2c1. The van der Waals surface area contributed by atoms with Gasteiger partial charge >= 0.3 is 0 Å². The average Bonchev–Trinajstić information content (AvgIpc) is 3.38. The number of hydrogen-bond donors (Lipinski definition) is 0. The van der Waals surface area contributed by atoms with Crippen molar-refractivity contribution in [3.8, 4) is 5.75 Å². The number of anilines is 1. The number of nitrogens with zero attached hydrogens (tertiary/aromatic N) is 2. The van der Waals surface area contributed by atoms with Gasteiger partial charge in [0.15, 0.2) is 5.13 Å². The second-order valence-corrected chi connectivity index (χ2v) is 8.71. The highest BCUT2D eigenvalue weighted by atomic mass is 35.5. The molecule has 1 fully saturated rings. The smallest absolute Gasteiger partial charge is 0.270 e. The lowest BCUT2D eigenvalue weighted by Gasteiger charge is -2.22. The molecule has 0 bridgehead atoms. The van der Waals surface area contributed by atoms with Crippen LogP contribution in [0.4, 0.5) is 5.13 Å². The number of halogens is 1. The van der Waals surface area contributed by atoms with Gasteiger partial charge in [0.1, 0.15) is 5.75 Å². The van der Waals surface area contributed by atoms with Crippen LogP contribution in [0.2, 0.25) is 4.34 Å². The zero-order chi connectivity index (χ0) is 18.1. The first-order valence-electron chi connectivity index (χ1n) is 8.27. The molecule has 5 nitrogen and oxygen atoms in total. The minimum Gasteiger partial charge on any atom is -0.497 e. The van der Waals surface area contributed by atoms with Crippen molar-refractivity contribution in [2.75, 3.05) is 25.2 Å². The maximum atomic E-state index is 13.1. The second kappa shape index (κ2) is 7.52. The Morgan fingerprint density at radius 1 is 1.38 bits per heavy atom. The number of hydrogen-bond acceptors (Lipinski definition) is 6. The molecular weight excluding hydrogens is 392 g/mol. The number of carbonyl (C=O) groups is 1. The Hall–Kier alpha value is -1.67. The first-order chi connectivity index (χ1) is 12.6. The van der Waals surface area contributed by atoms with E-state index in [1.807, 2.05) is 18.2 Å². The number of carbonyl (C=O) groups excluding carboxylic acids is 1. The topological polar surface area (TPSA) is 51.7 Å². The Bertz CT molecular complexity index is 934. The number of aromatic nitrogens is 1. The van der Waals surface area contributed by atoms with Crippen molar-refractivity contribution in [3.05, 3.63) is 39.5 Å². The van der Waals surface area contributed by atoms with Gasteiger partial charge in [-0.2, -0.15) is 0 Å². The van der Waals surface area contributed by atoms with Gasteiger partial charge in [0.05, 0.1) is 39.2 Å². The summed E-state index contributed by atoms with van der Waals surface area (Å²) < 4.78 is 12.6. The van der Waals surface area contributed by atoms with Crippen molar-refractivity contribution in [1.82, 2.24) is 4.98 Å². The molecule has 1 atom stereocenters. The Morgan fingerprint density at radius 2 is 2.27 bits per heavy atom. The average molecular weight is 409 g/mol. The standard InChI is InChI=1S/C18H17ClN2O3S2/c1-23-11-4-5-14-13(9-11)20-18(26-14)21(10-12-3-2-8-24-12)17(22)15-6-7-16(19)25-15/h4-7,9,12H,2-3,8,10H2,1H3. The molecule has 0 radical (unpaired) electrons. The van der Waals surface area contributed by atoms with Crippen LogP contribution in [-0.2, 0) is 4.74 Å². The molecule has 1 aromatic carbocycles. The van der Waals surface area contributed by atoms with Crippen LogP contribution < -0.4 is 9.64 Å². The first-order valence-corrected chi connectivity index (χ1v) is 10.3. The molecule has 2 aromatic heterocycles. The summed E-state index contributed by atoms with van der Waals surface area (Å²) in [6.07, 6.45) is 2.01. The van der Waals surface area contributed by atoms with E-state index in [0.29, 0.717) is 20.9 Å². The predicted octanol–water partition coefficient (Wildman–Crippen LogP) is 4.85. The first kappa shape index (κ1) is 17.7. The van der Waals surface area contributed by atoms with Crippen molar-refractivity contribution in [2.24, 2.45) is 0 Å². The number of thiazole rings is 1. The molecule has 0 N–H and O–H groups in total. The van der Waals surface area contributed by atoms with E-state index < -0.39 is 0 Å². The van der Waals surface area contributed by atoms with E-state index in [-0.39, 0.29) is 12.0 Å². The van der Waals surface area contributed by atoms with Gasteiger partial charge in [0.2, 0.25) is 0 Å². The van der Waals surface area contributed by atoms with E-state index in [1.54, 1.807) is 24.1 Å². The predicted molar refractivity (Wildman–Crippen MR) is 106 cm³/mol. The summed E-state index contributed by atoms with van der Waals surface area (Å²) in [4.78, 5) is 20.1. The fraction of sp³-hybridized carbons (Fsp3) is 0.333. The van der Waals surface area contributed by atoms with E-state index >= 15 is 0 Å². The van der Waals surface area contributed by atoms with Crippen LogP contribution in [0.25, 0.3) is 10.2 Å². The summed E-state index contributed by atoms with van der Waals surface area (Å²) in [5.74, 6) is 0.653. The third-order valence-corrected chi connectivity index (χ3v) is 6.53. The lowest BCUT2D eigenvalue weighted by molar-refractivity contribution is 0.0920. The molecule has 0 aliphatic carbocycles. The van der Waals surface area contributed by atoms with Crippen LogP contribution in [0, 0.1) is 0 Å². The van der Waals surface area contributed by atoms with Crippen LogP contribution in [0.5, 0.6) is 5.75 Å². The molecule has 0 spiro atoms. The Labute approximate surface area is 164 Å². The molecule has 8 heteroatoms. The Balaban J connectivity index is 1.70. The number of thiophene rings is 1. The van der Waals surface area contributed by atoms with Crippen molar-refractivity contribution < 1.29 is 14.3 Å². The maximum absolute atomic E-state index is 13.1. The van der Waals surface area contributed by atoms with Crippen molar-refractivity contribution >= 4 is 55.5 Å². The summed E-state index contributed by atoms with van der Waals surface area (Å²) in [5.41, 5.74) is 0.818. The van der Waals surface area contributed by atoms with Crippen LogP contribution in [-0.4, -0.2) is 37.3 Å². The Morgan fingerprint density at radius 3 is 2.96 bits per heavy atom. The minimum atomic E-state index is -0.0941. The Kier molecular flexibility index (Phi) is 5.13. The zero-order valence-electron chi connectivity index (χ0n) is 14.1. The monoisotopic (exact) mass is 408 g/mol. The van der Waals surface area contributed by atoms with Gasteiger partial charge in [-0.25, -0.2) is 4.98 Å². The number of amides is 1. The molecule has 0 saturated carbocycles. The van der Waals surface area contributed by atoms with E-state index in [4.69, 9.17) is 21.1 Å². The van der Waals surface area contributed by atoms with Gasteiger partial charge in [0.25, 0.3) is 5.91 Å². The van der Waals surface area contributed by atoms with Gasteiger partial charge in [-0.1, -0.05) is 22.9 Å². The summed E-state index contributed by atoms with van der Waals surface area (Å²) >= 11 is 8.79. The third-order valence-electron chi connectivity index (χ3n) is 4.25. The number of methoxy groups -OCH3 is 1. The summed E-state index contributed by atoms with van der Waals surface area (Å²) in [7, 11) is 1.63. The molecule has 3 aromatic rings. The normalized spacial score (nSPS) is 16.9. The largest absolute Gasteiger partial charge is 0.497 e. The van der Waals surface area contributed by atoms with Crippen molar-refractivity contribution in [3.63, 3.8) is 0 Å². The van der Waals surface area contributed by atoms with E-state index in [0.717, 1.165) is 35.4 Å². The van der Waals surface area contributed by atoms with Crippen LogP contribution >= 0.6 is 34.3 Å². The van der Waals surface area contributed by atoms with Crippen molar-refractivity contribution in [2.45, 2.75) is 18.9 Å². The molecule has 136 valence electrons. The van der Waals surface area contributed by atoms with Crippen molar-refractivity contribution in [1.29, 1.82) is 0 Å². The van der Waals surface area contributed by atoms with E-state index in [9.17, 15) is 4.79 Å². The molecule has 1 unspecified atom stereocenters. The maximum Gasteiger partial charge on any atom is 0.270 e. The van der Waals surface area contributed by atoms with E-state index in [1.165, 1.54) is 22.7 Å². The summed E-state index contributed by atoms with van der Waals surface area (Å²) in [6.45, 7) is 1.24.